The molecule has 0 aliphatic carbocycles. The quantitative estimate of drug-likeness (QED) is 0.235. The highest BCUT2D eigenvalue weighted by atomic mass is 35.5. The van der Waals surface area contributed by atoms with Crippen molar-refractivity contribution in [2.75, 3.05) is 22.3 Å². The third-order valence-electron chi connectivity index (χ3n) is 3.40. The third-order valence-corrected chi connectivity index (χ3v) is 4.69. The van der Waals surface area contributed by atoms with E-state index in [1.54, 1.807) is 6.07 Å². The number of amides is 1. The molecule has 1 aromatic heterocycles. The Labute approximate surface area is 168 Å². The first-order chi connectivity index (χ1) is 13.5. The predicted molar refractivity (Wildman–Crippen MR) is 109 cm³/mol. The van der Waals surface area contributed by atoms with Gasteiger partial charge in [-0.1, -0.05) is 41.6 Å². The fourth-order valence-corrected chi connectivity index (χ4v) is 2.89. The minimum Gasteiger partial charge on any atom is -0.334 e. The van der Waals surface area contributed by atoms with Crippen LogP contribution in [0.15, 0.2) is 58.8 Å². The van der Waals surface area contributed by atoms with Crippen LogP contribution in [0.3, 0.4) is 0 Å². The van der Waals surface area contributed by atoms with Gasteiger partial charge in [0.1, 0.15) is 5.82 Å². The van der Waals surface area contributed by atoms with E-state index >= 15 is 0 Å². The molecule has 1 heterocycles. The molecule has 11 heteroatoms. The van der Waals surface area contributed by atoms with Crippen molar-refractivity contribution in [2.24, 2.45) is 5.10 Å². The molecule has 0 unspecified atom stereocenters. The van der Waals surface area contributed by atoms with Crippen molar-refractivity contribution in [2.45, 2.75) is 5.16 Å². The predicted octanol–water partition coefficient (Wildman–Crippen LogP) is 2.96. The lowest BCUT2D eigenvalue weighted by molar-refractivity contribution is -0.113. The summed E-state index contributed by atoms with van der Waals surface area (Å²) in [5.74, 6) is 5.49. The van der Waals surface area contributed by atoms with Crippen LogP contribution >= 0.6 is 23.4 Å². The molecule has 8 nitrogen and oxygen atoms in total. The Bertz CT molecular complexity index is 993. The van der Waals surface area contributed by atoms with Gasteiger partial charge >= 0.3 is 0 Å². The zero-order valence-electron chi connectivity index (χ0n) is 14.3. The number of nitrogens with zero attached hydrogens (tertiary/aromatic N) is 4. The maximum atomic E-state index is 12.9. The van der Waals surface area contributed by atoms with Crippen LogP contribution in [0.1, 0.15) is 5.56 Å². The molecular weight excluding hydrogens is 405 g/mol. The normalized spacial score (nSPS) is 10.9. The Kier molecular flexibility index (Phi) is 6.45. The molecule has 144 valence electrons. The summed E-state index contributed by atoms with van der Waals surface area (Å²) in [6, 6.07) is 12.7. The summed E-state index contributed by atoms with van der Waals surface area (Å²) in [5.41, 5.74) is 3.89. The molecule has 0 fully saturated rings. The molecule has 0 saturated carbocycles. The molecule has 1 amide bonds. The van der Waals surface area contributed by atoms with E-state index in [0.717, 1.165) is 17.3 Å². The van der Waals surface area contributed by atoms with Crippen molar-refractivity contribution in [3.63, 3.8) is 0 Å². The number of nitrogen functional groups attached to an aromatic ring is 1. The number of thioether (sulfide) groups is 1. The molecule has 0 aliphatic heterocycles. The number of hydrogen-bond acceptors (Lipinski definition) is 7. The first-order valence-electron chi connectivity index (χ1n) is 7.95. The number of rotatable bonds is 7. The number of hydrogen-bond donors (Lipinski definition) is 3. The lowest BCUT2D eigenvalue weighted by Crippen LogP contribution is -2.16. The SMILES string of the molecule is Nn1c(N/N=C/c2ccccc2Cl)nnc1SCC(=O)Nc1ccc(F)cc1. The number of halogens is 2. The standard InChI is InChI=1S/C17H15ClFN7OS/c18-14-4-2-1-3-11(14)9-21-23-16-24-25-17(26(16)20)28-10-15(27)22-13-7-5-12(19)6-8-13/h1-9H,10,20H2,(H,22,27)(H,23,24)/b21-9+. The number of carbonyl (C=O) groups is 1. The molecule has 0 aliphatic rings. The maximum Gasteiger partial charge on any atom is 0.264 e. The average molecular weight is 420 g/mol. The minimum absolute atomic E-state index is 0.0512. The zero-order chi connectivity index (χ0) is 19.9. The van der Waals surface area contributed by atoms with Gasteiger partial charge in [-0.2, -0.15) is 5.10 Å². The monoisotopic (exact) mass is 419 g/mol. The van der Waals surface area contributed by atoms with Gasteiger partial charge in [0.2, 0.25) is 11.1 Å². The summed E-state index contributed by atoms with van der Waals surface area (Å²) in [6.45, 7) is 0. The topological polar surface area (TPSA) is 110 Å². The number of hydrazone groups is 1. The van der Waals surface area contributed by atoms with E-state index in [1.165, 1.54) is 35.2 Å². The van der Waals surface area contributed by atoms with Crippen molar-refractivity contribution >= 4 is 47.1 Å². The van der Waals surface area contributed by atoms with Crippen LogP contribution in [-0.2, 0) is 4.79 Å². The van der Waals surface area contributed by atoms with E-state index < -0.39 is 0 Å². The summed E-state index contributed by atoms with van der Waals surface area (Å²) in [5, 5.41) is 15.3. The smallest absolute Gasteiger partial charge is 0.264 e. The van der Waals surface area contributed by atoms with Crippen LogP contribution in [0.5, 0.6) is 0 Å². The number of nitrogens with two attached hydrogens (primary N) is 1. The van der Waals surface area contributed by atoms with E-state index in [-0.39, 0.29) is 23.4 Å². The van der Waals surface area contributed by atoms with Crippen LogP contribution in [0.4, 0.5) is 16.0 Å². The number of carbonyl (C=O) groups excluding carboxylic acids is 1. The Balaban J connectivity index is 1.53. The number of nitrogens with one attached hydrogen (secondary N) is 2. The summed E-state index contributed by atoms with van der Waals surface area (Å²) >= 11 is 7.14. The molecule has 0 bridgehead atoms. The molecule has 0 saturated heterocycles. The Morgan fingerprint density at radius 2 is 2.00 bits per heavy atom. The molecule has 3 aromatic rings. The second-order valence-electron chi connectivity index (χ2n) is 5.41. The van der Waals surface area contributed by atoms with Gasteiger partial charge in [0.05, 0.1) is 12.0 Å². The molecule has 0 spiro atoms. The fraction of sp³-hybridized carbons (Fsp3) is 0.0588. The second-order valence-corrected chi connectivity index (χ2v) is 6.76. The van der Waals surface area contributed by atoms with E-state index in [0.29, 0.717) is 15.9 Å². The third kappa shape index (κ3) is 5.21. The summed E-state index contributed by atoms with van der Waals surface area (Å²) in [4.78, 5) is 12.0. The van der Waals surface area contributed by atoms with Crippen molar-refractivity contribution in [1.82, 2.24) is 14.9 Å². The van der Waals surface area contributed by atoms with Gasteiger partial charge in [-0.15, -0.1) is 10.2 Å². The van der Waals surface area contributed by atoms with Gasteiger partial charge in [-0.05, 0) is 30.3 Å². The second kappa shape index (κ2) is 9.20. The van der Waals surface area contributed by atoms with E-state index in [1.807, 2.05) is 18.2 Å². The molecule has 0 atom stereocenters. The van der Waals surface area contributed by atoms with Gasteiger partial charge < -0.3 is 11.2 Å². The average Bonchev–Trinajstić information content (AvgIpc) is 3.03. The molecule has 4 N–H and O–H groups in total. The summed E-state index contributed by atoms with van der Waals surface area (Å²) in [6.07, 6.45) is 1.53. The van der Waals surface area contributed by atoms with Crippen molar-refractivity contribution < 1.29 is 9.18 Å². The van der Waals surface area contributed by atoms with Crippen LogP contribution in [-0.4, -0.2) is 32.7 Å². The molecular formula is C17H15ClFN7OS. The number of aromatic nitrogens is 3. The highest BCUT2D eigenvalue weighted by Crippen LogP contribution is 2.18. The molecule has 2 aromatic carbocycles. The minimum atomic E-state index is -0.374. The van der Waals surface area contributed by atoms with E-state index in [2.05, 4.69) is 26.0 Å². The van der Waals surface area contributed by atoms with Gasteiger partial charge in [-0.3, -0.25) is 4.79 Å². The Hall–Kier alpha value is -3.11. The summed E-state index contributed by atoms with van der Waals surface area (Å²) < 4.78 is 14.1. The van der Waals surface area contributed by atoms with Crippen LogP contribution in [0.2, 0.25) is 5.02 Å². The Morgan fingerprint density at radius 1 is 1.25 bits per heavy atom. The van der Waals surface area contributed by atoms with Crippen LogP contribution in [0.25, 0.3) is 0 Å². The molecule has 28 heavy (non-hydrogen) atoms. The van der Waals surface area contributed by atoms with Crippen LogP contribution < -0.4 is 16.6 Å². The first kappa shape index (κ1) is 19.6. The van der Waals surface area contributed by atoms with Gasteiger partial charge in [-0.25, -0.2) is 14.5 Å². The lowest BCUT2D eigenvalue weighted by Gasteiger charge is -2.05. The fourth-order valence-electron chi connectivity index (χ4n) is 2.05. The highest BCUT2D eigenvalue weighted by Gasteiger charge is 2.12. The zero-order valence-corrected chi connectivity index (χ0v) is 15.9. The van der Waals surface area contributed by atoms with Gasteiger partial charge in [0.25, 0.3) is 5.95 Å². The van der Waals surface area contributed by atoms with Gasteiger partial charge in [0, 0.05) is 16.3 Å². The number of benzene rings is 2. The lowest BCUT2D eigenvalue weighted by atomic mass is 10.2. The van der Waals surface area contributed by atoms with Crippen molar-refractivity contribution in [1.29, 1.82) is 0 Å². The van der Waals surface area contributed by atoms with Gasteiger partial charge in [0.15, 0.2) is 0 Å². The largest absolute Gasteiger partial charge is 0.334 e. The number of anilines is 2. The molecule has 0 radical (unpaired) electrons. The van der Waals surface area contributed by atoms with E-state index in [9.17, 15) is 9.18 Å². The van der Waals surface area contributed by atoms with E-state index in [4.69, 9.17) is 17.4 Å². The van der Waals surface area contributed by atoms with Crippen LogP contribution in [0, 0.1) is 5.82 Å². The Morgan fingerprint density at radius 3 is 2.75 bits per heavy atom. The summed E-state index contributed by atoms with van der Waals surface area (Å²) in [7, 11) is 0. The van der Waals surface area contributed by atoms with Crippen molar-refractivity contribution in [3.8, 4) is 0 Å². The highest BCUT2D eigenvalue weighted by molar-refractivity contribution is 7.99. The maximum absolute atomic E-state index is 12.9. The molecule has 3 rings (SSSR count). The first-order valence-corrected chi connectivity index (χ1v) is 9.31. The van der Waals surface area contributed by atoms with Crippen molar-refractivity contribution in [3.05, 3.63) is 64.9 Å².